The molecular weight excluding hydrogens is 468 g/mol. The Morgan fingerprint density at radius 3 is 2.66 bits per heavy atom. The van der Waals surface area contributed by atoms with Crippen LogP contribution in [0.5, 0.6) is 11.6 Å². The van der Waals surface area contributed by atoms with Gasteiger partial charge in [0, 0.05) is 44.5 Å². The highest BCUT2D eigenvalue weighted by atomic mass is 35.5. The van der Waals surface area contributed by atoms with Crippen LogP contribution in [0.2, 0.25) is 5.02 Å². The van der Waals surface area contributed by atoms with Crippen molar-refractivity contribution >= 4 is 40.0 Å². The van der Waals surface area contributed by atoms with E-state index < -0.39 is 0 Å². The summed E-state index contributed by atoms with van der Waals surface area (Å²) in [7, 11) is 7.62. The second-order valence-corrected chi connectivity index (χ2v) is 8.80. The molecule has 0 saturated heterocycles. The quantitative estimate of drug-likeness (QED) is 0.373. The highest BCUT2D eigenvalue weighted by Gasteiger charge is 2.16. The number of ether oxygens (including phenoxy) is 1. The normalized spacial score (nSPS) is 11.1. The van der Waals surface area contributed by atoms with Gasteiger partial charge in [-0.25, -0.2) is 15.0 Å². The molecule has 0 atom stereocenters. The molecule has 35 heavy (non-hydrogen) atoms. The Morgan fingerprint density at radius 1 is 1.11 bits per heavy atom. The number of aromatic nitrogens is 5. The Balaban J connectivity index is 1.50. The fraction of sp³-hybridized carbons (Fsp3) is 0.292. The number of halogens is 1. The molecule has 10 nitrogen and oxygen atoms in total. The van der Waals surface area contributed by atoms with Crippen molar-refractivity contribution in [3.63, 3.8) is 0 Å². The molecule has 182 valence electrons. The van der Waals surface area contributed by atoms with Crippen LogP contribution in [0.4, 0.5) is 11.6 Å². The zero-order chi connectivity index (χ0) is 24.9. The Labute approximate surface area is 208 Å². The topological polar surface area (TPSA) is 101 Å². The number of carbonyl (C=O) groups is 1. The minimum atomic E-state index is -0.141. The number of nitrogens with zero attached hydrogens (tertiary/aromatic N) is 7. The van der Waals surface area contributed by atoms with Gasteiger partial charge in [0.25, 0.3) is 5.91 Å². The maximum Gasteiger partial charge on any atom is 0.255 e. The third-order valence-corrected chi connectivity index (χ3v) is 5.55. The molecule has 0 unspecified atom stereocenters. The van der Waals surface area contributed by atoms with Crippen LogP contribution in [0.25, 0.3) is 10.9 Å². The van der Waals surface area contributed by atoms with E-state index in [2.05, 4.69) is 30.3 Å². The highest BCUT2D eigenvalue weighted by Crippen LogP contribution is 2.31. The Kier molecular flexibility index (Phi) is 7.42. The largest absolute Gasteiger partial charge is 0.438 e. The molecule has 4 aromatic rings. The maximum absolute atomic E-state index is 12.7. The number of hydrogen-bond acceptors (Lipinski definition) is 8. The second-order valence-electron chi connectivity index (χ2n) is 8.40. The number of carbonyl (C=O) groups excluding carboxylic acids is 1. The van der Waals surface area contributed by atoms with Crippen LogP contribution >= 0.6 is 11.6 Å². The maximum atomic E-state index is 12.7. The standard InChI is InChI=1S/C24H27ClN8O2/c1-31(2)9-5-10-32(3)24(34)16-12-19(25)23(26-14-16)35-17-6-7-20-18(13-17)22(28-15-27-20)29-21-8-11-33(4)30-21/h6-8,11-15H,5,9-10H2,1-4H3,(H,27,28,29,30). The zero-order valence-electron chi connectivity index (χ0n) is 20.1. The average Bonchev–Trinajstić information content (AvgIpc) is 3.24. The van der Waals surface area contributed by atoms with Crippen molar-refractivity contribution in [1.82, 2.24) is 34.5 Å². The molecule has 1 aromatic carbocycles. The number of fused-ring (bicyclic) bond motifs is 1. The molecule has 0 spiro atoms. The van der Waals surface area contributed by atoms with E-state index >= 15 is 0 Å². The molecule has 1 N–H and O–H groups in total. The van der Waals surface area contributed by atoms with Gasteiger partial charge in [-0.1, -0.05) is 11.6 Å². The molecule has 0 radical (unpaired) electrons. The summed E-state index contributed by atoms with van der Waals surface area (Å²) in [4.78, 5) is 29.4. The van der Waals surface area contributed by atoms with Crippen molar-refractivity contribution < 1.29 is 9.53 Å². The molecule has 4 rings (SSSR count). The van der Waals surface area contributed by atoms with Gasteiger partial charge in [0.05, 0.1) is 11.1 Å². The van der Waals surface area contributed by atoms with E-state index in [1.807, 2.05) is 39.5 Å². The highest BCUT2D eigenvalue weighted by molar-refractivity contribution is 6.32. The van der Waals surface area contributed by atoms with Crippen molar-refractivity contribution in [2.24, 2.45) is 7.05 Å². The van der Waals surface area contributed by atoms with Crippen molar-refractivity contribution in [2.75, 3.05) is 39.5 Å². The number of pyridine rings is 1. The summed E-state index contributed by atoms with van der Waals surface area (Å²) in [5, 5.41) is 8.52. The first-order valence-electron chi connectivity index (χ1n) is 11.0. The van der Waals surface area contributed by atoms with E-state index in [4.69, 9.17) is 16.3 Å². The van der Waals surface area contributed by atoms with E-state index in [0.29, 0.717) is 29.5 Å². The smallest absolute Gasteiger partial charge is 0.255 e. The first-order chi connectivity index (χ1) is 16.8. The molecule has 11 heteroatoms. The van der Waals surface area contributed by atoms with Gasteiger partial charge in [-0.05, 0) is 51.3 Å². The Hall–Kier alpha value is -3.76. The molecule has 0 aliphatic rings. The molecule has 3 heterocycles. The fourth-order valence-electron chi connectivity index (χ4n) is 3.48. The van der Waals surface area contributed by atoms with Gasteiger partial charge in [-0.15, -0.1) is 0 Å². The number of aryl methyl sites for hydroxylation is 1. The van der Waals surface area contributed by atoms with Crippen molar-refractivity contribution in [2.45, 2.75) is 6.42 Å². The van der Waals surface area contributed by atoms with Crippen LogP contribution in [0, 0.1) is 0 Å². The monoisotopic (exact) mass is 494 g/mol. The Bertz CT molecular complexity index is 1340. The molecule has 3 aromatic heterocycles. The van der Waals surface area contributed by atoms with Gasteiger partial charge in [-0.3, -0.25) is 9.48 Å². The molecule has 1 amide bonds. The summed E-state index contributed by atoms with van der Waals surface area (Å²) in [6.45, 7) is 1.54. The molecular formula is C24H27ClN8O2. The predicted molar refractivity (Wildman–Crippen MR) is 135 cm³/mol. The lowest BCUT2D eigenvalue weighted by Gasteiger charge is -2.18. The SMILES string of the molecule is CN(C)CCCN(C)C(=O)c1cnc(Oc2ccc3ncnc(Nc4ccn(C)n4)c3c2)c(Cl)c1. The molecule has 0 aliphatic heterocycles. The first kappa shape index (κ1) is 24.4. The van der Waals surface area contributed by atoms with Crippen LogP contribution in [0.15, 0.2) is 49.1 Å². The summed E-state index contributed by atoms with van der Waals surface area (Å²) >= 11 is 6.42. The van der Waals surface area contributed by atoms with Gasteiger partial charge in [0.1, 0.15) is 22.9 Å². The minimum absolute atomic E-state index is 0.141. The summed E-state index contributed by atoms with van der Waals surface area (Å²) in [5.41, 5.74) is 1.14. The van der Waals surface area contributed by atoms with Crippen molar-refractivity contribution in [3.8, 4) is 11.6 Å². The van der Waals surface area contributed by atoms with Gasteiger partial charge < -0.3 is 19.9 Å². The lowest BCUT2D eigenvalue weighted by atomic mass is 10.2. The third kappa shape index (κ3) is 6.03. The van der Waals surface area contributed by atoms with Crippen LogP contribution < -0.4 is 10.1 Å². The van der Waals surface area contributed by atoms with Gasteiger partial charge >= 0.3 is 0 Å². The lowest BCUT2D eigenvalue weighted by molar-refractivity contribution is 0.0790. The van der Waals surface area contributed by atoms with Crippen LogP contribution in [-0.4, -0.2) is 74.7 Å². The van der Waals surface area contributed by atoms with Gasteiger partial charge in [0.15, 0.2) is 5.82 Å². The number of benzene rings is 1. The summed E-state index contributed by atoms with van der Waals surface area (Å²) in [5.74, 6) is 1.82. The molecule has 0 fully saturated rings. The zero-order valence-corrected chi connectivity index (χ0v) is 20.8. The Morgan fingerprint density at radius 2 is 1.94 bits per heavy atom. The number of rotatable bonds is 9. The van der Waals surface area contributed by atoms with E-state index in [9.17, 15) is 4.79 Å². The predicted octanol–water partition coefficient (Wildman–Crippen LogP) is 3.97. The van der Waals surface area contributed by atoms with Crippen molar-refractivity contribution in [1.29, 1.82) is 0 Å². The molecule has 0 aliphatic carbocycles. The number of nitrogens with one attached hydrogen (secondary N) is 1. The second kappa shape index (κ2) is 10.7. The minimum Gasteiger partial charge on any atom is -0.438 e. The van der Waals surface area contributed by atoms with Crippen LogP contribution in [-0.2, 0) is 7.05 Å². The van der Waals surface area contributed by atoms with E-state index in [0.717, 1.165) is 23.9 Å². The number of hydrogen-bond donors (Lipinski definition) is 1. The van der Waals surface area contributed by atoms with E-state index in [1.54, 1.807) is 34.8 Å². The van der Waals surface area contributed by atoms with E-state index in [-0.39, 0.29) is 16.8 Å². The summed E-state index contributed by atoms with van der Waals surface area (Å²) < 4.78 is 7.63. The first-order valence-corrected chi connectivity index (χ1v) is 11.4. The van der Waals surface area contributed by atoms with E-state index in [1.165, 1.54) is 12.5 Å². The van der Waals surface area contributed by atoms with Crippen molar-refractivity contribution in [3.05, 3.63) is 59.6 Å². The van der Waals surface area contributed by atoms with Crippen LogP contribution in [0.1, 0.15) is 16.8 Å². The number of anilines is 2. The third-order valence-electron chi connectivity index (χ3n) is 5.28. The molecule has 0 saturated carbocycles. The number of amides is 1. The van der Waals surface area contributed by atoms with Gasteiger partial charge in [0.2, 0.25) is 5.88 Å². The average molecular weight is 495 g/mol. The molecule has 0 bridgehead atoms. The fourth-order valence-corrected chi connectivity index (χ4v) is 3.68. The van der Waals surface area contributed by atoms with Crippen LogP contribution in [0.3, 0.4) is 0 Å². The summed E-state index contributed by atoms with van der Waals surface area (Å²) in [6, 6.07) is 8.82. The lowest BCUT2D eigenvalue weighted by Crippen LogP contribution is -2.29. The van der Waals surface area contributed by atoms with Gasteiger partial charge in [-0.2, -0.15) is 5.10 Å². The summed E-state index contributed by atoms with van der Waals surface area (Å²) in [6.07, 6.45) is 5.67.